The van der Waals surface area contributed by atoms with Gasteiger partial charge in [0.2, 0.25) is 11.6 Å². The van der Waals surface area contributed by atoms with Crippen molar-refractivity contribution in [2.75, 3.05) is 17.9 Å². The van der Waals surface area contributed by atoms with Crippen LogP contribution in [-0.4, -0.2) is 33.9 Å². The first-order chi connectivity index (χ1) is 14.9. The number of hydrogen-bond donors (Lipinski definition) is 3. The van der Waals surface area contributed by atoms with E-state index in [9.17, 15) is 19.7 Å². The van der Waals surface area contributed by atoms with Gasteiger partial charge in [0, 0.05) is 16.3 Å². The highest BCUT2D eigenvalue weighted by Crippen LogP contribution is 2.30. The van der Waals surface area contributed by atoms with Crippen molar-refractivity contribution in [2.45, 2.75) is 0 Å². The summed E-state index contributed by atoms with van der Waals surface area (Å²) in [6, 6.07) is 12.2. The van der Waals surface area contributed by atoms with Crippen LogP contribution in [0, 0.1) is 10.1 Å². The molecule has 1 aromatic heterocycles. The first-order valence-electron chi connectivity index (χ1n) is 8.65. The summed E-state index contributed by atoms with van der Waals surface area (Å²) < 4.78 is 4.63. The van der Waals surface area contributed by atoms with Gasteiger partial charge in [-0.1, -0.05) is 17.7 Å². The maximum Gasteiger partial charge on any atom is 0.355 e. The Kier molecular flexibility index (Phi) is 6.58. The molecule has 3 aromatic rings. The molecule has 3 rings (SSSR count). The molecule has 158 valence electrons. The van der Waals surface area contributed by atoms with Gasteiger partial charge < -0.3 is 10.1 Å². The van der Waals surface area contributed by atoms with Crippen molar-refractivity contribution in [3.05, 3.63) is 81.1 Å². The van der Waals surface area contributed by atoms with Gasteiger partial charge in [-0.3, -0.25) is 25.8 Å². The van der Waals surface area contributed by atoms with Crippen LogP contribution in [0.1, 0.15) is 20.7 Å². The van der Waals surface area contributed by atoms with Gasteiger partial charge in [-0.2, -0.15) is 0 Å². The molecule has 0 spiro atoms. The SMILES string of the molecule is COC(=O)c1ccc(Nc2ncnc(NNC(=O)c3cccc(Cl)c3)c2[N+](=O)[O-])cc1. The molecule has 0 bridgehead atoms. The number of aromatic nitrogens is 2. The summed E-state index contributed by atoms with van der Waals surface area (Å²) in [5, 5.41) is 14.8. The number of hydrazine groups is 1. The van der Waals surface area contributed by atoms with Crippen LogP contribution in [-0.2, 0) is 4.74 Å². The van der Waals surface area contributed by atoms with E-state index in [1.165, 1.54) is 43.5 Å². The average molecular weight is 443 g/mol. The lowest BCUT2D eigenvalue weighted by Crippen LogP contribution is -2.30. The molecule has 0 aliphatic heterocycles. The minimum Gasteiger partial charge on any atom is -0.465 e. The first-order valence-corrected chi connectivity index (χ1v) is 9.03. The molecule has 1 heterocycles. The first kappa shape index (κ1) is 21.5. The zero-order valence-electron chi connectivity index (χ0n) is 16.0. The largest absolute Gasteiger partial charge is 0.465 e. The maximum atomic E-state index is 12.2. The summed E-state index contributed by atoms with van der Waals surface area (Å²) in [5.74, 6) is -1.43. The third kappa shape index (κ3) is 5.22. The Hall–Kier alpha value is -4.25. The number of carbonyl (C=O) groups excluding carboxylic acids is 2. The Morgan fingerprint density at radius 1 is 1.06 bits per heavy atom. The summed E-state index contributed by atoms with van der Waals surface area (Å²) in [6.45, 7) is 0. The van der Waals surface area contributed by atoms with E-state index >= 15 is 0 Å². The van der Waals surface area contributed by atoms with Crippen LogP contribution in [0.15, 0.2) is 54.9 Å². The van der Waals surface area contributed by atoms with Gasteiger partial charge >= 0.3 is 11.7 Å². The fourth-order valence-corrected chi connectivity index (χ4v) is 2.69. The lowest BCUT2D eigenvalue weighted by atomic mass is 10.2. The van der Waals surface area contributed by atoms with Crippen molar-refractivity contribution < 1.29 is 19.2 Å². The van der Waals surface area contributed by atoms with Crippen LogP contribution in [0.3, 0.4) is 0 Å². The second-order valence-electron chi connectivity index (χ2n) is 5.96. The molecular weight excluding hydrogens is 428 g/mol. The number of ether oxygens (including phenoxy) is 1. The predicted octanol–water partition coefficient (Wildman–Crippen LogP) is 3.33. The maximum absolute atomic E-state index is 12.2. The van der Waals surface area contributed by atoms with E-state index in [1.54, 1.807) is 12.1 Å². The molecule has 11 nitrogen and oxygen atoms in total. The lowest BCUT2D eigenvalue weighted by Gasteiger charge is -2.11. The summed E-state index contributed by atoms with van der Waals surface area (Å²) in [6.07, 6.45) is 1.09. The molecule has 31 heavy (non-hydrogen) atoms. The standard InChI is InChI=1S/C19H15ClN6O5/c1-31-19(28)11-5-7-14(8-6-11)23-16-15(26(29)30)17(22-10-21-16)24-25-18(27)12-3-2-4-13(20)9-12/h2-10H,1H3,(H,25,27)(H2,21,22,23,24). The fourth-order valence-electron chi connectivity index (χ4n) is 2.50. The van der Waals surface area contributed by atoms with E-state index < -0.39 is 22.5 Å². The van der Waals surface area contributed by atoms with E-state index in [0.717, 1.165) is 6.33 Å². The van der Waals surface area contributed by atoms with Gasteiger partial charge in [-0.25, -0.2) is 14.8 Å². The number of hydrogen-bond acceptors (Lipinski definition) is 9. The molecule has 0 fully saturated rings. The van der Waals surface area contributed by atoms with Crippen LogP contribution >= 0.6 is 11.6 Å². The molecule has 1 amide bonds. The Morgan fingerprint density at radius 2 is 1.77 bits per heavy atom. The van der Waals surface area contributed by atoms with Crippen LogP contribution in [0.5, 0.6) is 0 Å². The van der Waals surface area contributed by atoms with Gasteiger partial charge in [0.05, 0.1) is 17.6 Å². The van der Waals surface area contributed by atoms with Gasteiger partial charge in [0.15, 0.2) is 0 Å². The molecule has 3 N–H and O–H groups in total. The molecule has 0 saturated heterocycles. The number of halogens is 1. The van der Waals surface area contributed by atoms with Crippen molar-refractivity contribution in [3.8, 4) is 0 Å². The van der Waals surface area contributed by atoms with Crippen molar-refractivity contribution in [1.82, 2.24) is 15.4 Å². The number of methoxy groups -OCH3 is 1. The zero-order chi connectivity index (χ0) is 22.4. The summed E-state index contributed by atoms with van der Waals surface area (Å²) in [5.41, 5.74) is 5.27. The third-order valence-corrected chi connectivity index (χ3v) is 4.19. The smallest absolute Gasteiger partial charge is 0.355 e. The highest BCUT2D eigenvalue weighted by molar-refractivity contribution is 6.30. The second kappa shape index (κ2) is 9.50. The van der Waals surface area contributed by atoms with Crippen LogP contribution in [0.2, 0.25) is 5.02 Å². The highest BCUT2D eigenvalue weighted by Gasteiger charge is 2.24. The molecular formula is C19H15ClN6O5. The molecule has 12 heteroatoms. The van der Waals surface area contributed by atoms with Crippen molar-refractivity contribution >= 4 is 46.5 Å². The molecule has 0 atom stereocenters. The summed E-state index contributed by atoms with van der Waals surface area (Å²) >= 11 is 5.86. The zero-order valence-corrected chi connectivity index (χ0v) is 16.7. The normalized spacial score (nSPS) is 10.1. The summed E-state index contributed by atoms with van der Waals surface area (Å²) in [4.78, 5) is 42.4. The van der Waals surface area contributed by atoms with Crippen LogP contribution < -0.4 is 16.2 Å². The number of amides is 1. The topological polar surface area (TPSA) is 148 Å². The Bertz CT molecular complexity index is 1140. The Balaban J connectivity index is 1.80. The second-order valence-corrected chi connectivity index (χ2v) is 6.40. The minimum atomic E-state index is -0.695. The number of esters is 1. The number of nitrogens with zero attached hydrogens (tertiary/aromatic N) is 3. The van der Waals surface area contributed by atoms with Gasteiger partial charge in [0.1, 0.15) is 6.33 Å². The number of anilines is 3. The molecule has 0 aliphatic carbocycles. The molecule has 2 aromatic carbocycles. The molecule has 0 radical (unpaired) electrons. The van der Waals surface area contributed by atoms with Crippen LogP contribution in [0.25, 0.3) is 0 Å². The summed E-state index contributed by atoms with van der Waals surface area (Å²) in [7, 11) is 1.26. The monoisotopic (exact) mass is 442 g/mol. The van der Waals surface area contributed by atoms with E-state index in [-0.39, 0.29) is 17.2 Å². The Morgan fingerprint density at radius 3 is 2.42 bits per heavy atom. The lowest BCUT2D eigenvalue weighted by molar-refractivity contribution is -0.383. The van der Waals surface area contributed by atoms with E-state index in [0.29, 0.717) is 16.3 Å². The van der Waals surface area contributed by atoms with E-state index in [4.69, 9.17) is 11.6 Å². The molecule has 0 aliphatic rings. The van der Waals surface area contributed by atoms with Gasteiger partial charge in [-0.15, -0.1) is 0 Å². The van der Waals surface area contributed by atoms with Crippen molar-refractivity contribution in [1.29, 1.82) is 0 Å². The van der Waals surface area contributed by atoms with Crippen LogP contribution in [0.4, 0.5) is 23.0 Å². The fraction of sp³-hybridized carbons (Fsp3) is 0.0526. The average Bonchev–Trinajstić information content (AvgIpc) is 2.77. The van der Waals surface area contributed by atoms with E-state index in [2.05, 4.69) is 30.9 Å². The predicted molar refractivity (Wildman–Crippen MR) is 112 cm³/mol. The quantitative estimate of drug-likeness (QED) is 0.284. The van der Waals surface area contributed by atoms with Crippen molar-refractivity contribution in [2.24, 2.45) is 0 Å². The minimum absolute atomic E-state index is 0.120. The number of nitro groups is 1. The Labute approximate surface area is 180 Å². The number of nitrogens with one attached hydrogen (secondary N) is 3. The van der Waals surface area contributed by atoms with Gasteiger partial charge in [0.25, 0.3) is 5.91 Å². The highest BCUT2D eigenvalue weighted by atomic mass is 35.5. The van der Waals surface area contributed by atoms with Crippen molar-refractivity contribution in [3.63, 3.8) is 0 Å². The van der Waals surface area contributed by atoms with E-state index in [1.807, 2.05) is 0 Å². The van der Waals surface area contributed by atoms with Gasteiger partial charge in [-0.05, 0) is 42.5 Å². The third-order valence-electron chi connectivity index (χ3n) is 3.95. The number of rotatable bonds is 7. The molecule has 0 unspecified atom stereocenters. The number of benzene rings is 2. The number of carbonyl (C=O) groups is 2. The molecule has 0 saturated carbocycles.